The number of ether oxygens (including phenoxy) is 1. The van der Waals surface area contributed by atoms with Crippen LogP contribution in [0.3, 0.4) is 0 Å². The Kier molecular flexibility index (Phi) is 6.45. The highest BCUT2D eigenvalue weighted by Crippen LogP contribution is 2.38. The molecule has 0 radical (unpaired) electrons. The van der Waals surface area contributed by atoms with Crippen molar-refractivity contribution in [3.8, 4) is 17.0 Å². The summed E-state index contributed by atoms with van der Waals surface area (Å²) in [5, 5.41) is 1.46. The number of fused-ring (bicyclic) bond motifs is 1. The zero-order chi connectivity index (χ0) is 23.0. The molecular weight excluding hydrogens is 435 g/mol. The van der Waals surface area contributed by atoms with E-state index >= 15 is 4.39 Å². The Labute approximate surface area is 190 Å². The average molecular weight is 464 g/mol. The first kappa shape index (κ1) is 23.0. The molecule has 4 nitrogen and oxygen atoms in total. The summed E-state index contributed by atoms with van der Waals surface area (Å²) in [7, 11) is 0. The van der Waals surface area contributed by atoms with Crippen LogP contribution in [0.1, 0.15) is 52.1 Å². The van der Waals surface area contributed by atoms with Crippen molar-refractivity contribution in [3.05, 3.63) is 48.0 Å². The van der Waals surface area contributed by atoms with E-state index < -0.39 is 12.4 Å². The van der Waals surface area contributed by atoms with Crippen LogP contribution in [0, 0.1) is 11.2 Å². The van der Waals surface area contributed by atoms with E-state index in [9.17, 15) is 8.78 Å². The van der Waals surface area contributed by atoms with E-state index in [4.69, 9.17) is 0 Å². The lowest BCUT2D eigenvalue weighted by Gasteiger charge is -2.20. The van der Waals surface area contributed by atoms with E-state index in [-0.39, 0.29) is 28.5 Å². The van der Waals surface area contributed by atoms with Crippen molar-refractivity contribution in [2.45, 2.75) is 65.0 Å². The Bertz CT molecular complexity index is 1110. The van der Waals surface area contributed by atoms with Crippen molar-refractivity contribution < 1.29 is 17.9 Å². The van der Waals surface area contributed by atoms with Gasteiger partial charge in [-0.3, -0.25) is 9.71 Å². The molecule has 0 bridgehead atoms. The van der Waals surface area contributed by atoms with E-state index in [2.05, 4.69) is 52.9 Å². The first-order chi connectivity index (χ1) is 15.1. The predicted molar refractivity (Wildman–Crippen MR) is 123 cm³/mol. The molecule has 0 aliphatic heterocycles. The Morgan fingerprint density at radius 2 is 2.03 bits per heavy atom. The summed E-state index contributed by atoms with van der Waals surface area (Å²) in [4.78, 5) is 4.15. The fourth-order valence-corrected chi connectivity index (χ4v) is 4.63. The molecular formula is C24H28F3N3OS. The summed E-state index contributed by atoms with van der Waals surface area (Å²) in [6, 6.07) is 6.07. The van der Waals surface area contributed by atoms with Gasteiger partial charge in [0, 0.05) is 46.7 Å². The molecule has 172 valence electrons. The van der Waals surface area contributed by atoms with Gasteiger partial charge in [0.15, 0.2) is 5.75 Å². The lowest BCUT2D eigenvalue weighted by atomic mass is 9.97. The van der Waals surface area contributed by atoms with Crippen LogP contribution in [-0.2, 0) is 6.54 Å². The van der Waals surface area contributed by atoms with Gasteiger partial charge in [0.1, 0.15) is 11.5 Å². The van der Waals surface area contributed by atoms with Gasteiger partial charge >= 0.3 is 6.61 Å². The zero-order valence-corrected chi connectivity index (χ0v) is 19.5. The molecule has 0 amide bonds. The number of aromatic nitrogens is 2. The van der Waals surface area contributed by atoms with Crippen molar-refractivity contribution in [3.63, 3.8) is 0 Å². The third-order valence-corrected chi connectivity index (χ3v) is 6.58. The molecule has 32 heavy (non-hydrogen) atoms. The highest BCUT2D eigenvalue weighted by atomic mass is 32.2. The number of rotatable bonds is 8. The van der Waals surface area contributed by atoms with Gasteiger partial charge in [-0.2, -0.15) is 8.78 Å². The molecule has 1 aromatic carbocycles. The van der Waals surface area contributed by atoms with E-state index in [1.54, 1.807) is 18.0 Å². The second-order valence-corrected chi connectivity index (χ2v) is 10.6. The van der Waals surface area contributed by atoms with Crippen LogP contribution in [0.5, 0.6) is 5.75 Å². The number of halogens is 3. The highest BCUT2D eigenvalue weighted by molar-refractivity contribution is 7.98. The monoisotopic (exact) mass is 463 g/mol. The number of nitrogens with zero attached hydrogens (tertiary/aromatic N) is 2. The first-order valence-corrected chi connectivity index (χ1v) is 11.6. The quantitative estimate of drug-likeness (QED) is 0.367. The SMILES string of the molecule is CC(NSC1CC1)c1cn(CC(C)(C)C)c2cc(-c3ncccc3OC(F)F)c(F)cc12. The summed E-state index contributed by atoms with van der Waals surface area (Å²) < 4.78 is 51.3. The lowest BCUT2D eigenvalue weighted by Crippen LogP contribution is -2.15. The number of pyridine rings is 1. The maximum Gasteiger partial charge on any atom is 0.387 e. The highest BCUT2D eigenvalue weighted by Gasteiger charge is 2.25. The van der Waals surface area contributed by atoms with Crippen LogP contribution in [0.4, 0.5) is 13.2 Å². The molecule has 1 aliphatic carbocycles. The molecule has 1 N–H and O–H groups in total. The van der Waals surface area contributed by atoms with Crippen LogP contribution in [-0.4, -0.2) is 21.4 Å². The van der Waals surface area contributed by atoms with E-state index in [0.29, 0.717) is 5.25 Å². The Balaban J connectivity index is 1.82. The predicted octanol–water partition coefficient (Wildman–Crippen LogP) is 6.95. The number of nitrogens with one attached hydrogen (secondary N) is 1. The maximum atomic E-state index is 15.3. The molecule has 1 unspecified atom stereocenters. The van der Waals surface area contributed by atoms with E-state index in [0.717, 1.165) is 23.0 Å². The van der Waals surface area contributed by atoms with Gasteiger partial charge in [-0.15, -0.1) is 0 Å². The molecule has 1 aliphatic rings. The standard InChI is InChI=1S/C24H28F3N3OS/c1-14(29-32-15-7-8-15)18-12-30(13-24(2,3)4)20-11-17(19(25)10-16(18)20)22-21(31-23(26)27)6-5-9-28-22/h5-6,9-12,14-15,23,29H,7-8,13H2,1-4H3. The fraction of sp³-hybridized carbons (Fsp3) is 0.458. The van der Waals surface area contributed by atoms with Gasteiger partial charge in [0.05, 0.1) is 0 Å². The lowest BCUT2D eigenvalue weighted by molar-refractivity contribution is -0.0496. The van der Waals surface area contributed by atoms with Crippen molar-refractivity contribution >= 4 is 22.9 Å². The van der Waals surface area contributed by atoms with Crippen molar-refractivity contribution in [2.24, 2.45) is 5.41 Å². The Morgan fingerprint density at radius 3 is 2.69 bits per heavy atom. The molecule has 2 heterocycles. The van der Waals surface area contributed by atoms with Crippen molar-refractivity contribution in [2.75, 3.05) is 0 Å². The van der Waals surface area contributed by atoms with Crippen molar-refractivity contribution in [1.82, 2.24) is 14.3 Å². The first-order valence-electron chi connectivity index (χ1n) is 10.8. The fourth-order valence-electron chi connectivity index (χ4n) is 3.74. The minimum absolute atomic E-state index is 0.00779. The van der Waals surface area contributed by atoms with Gasteiger partial charge in [-0.1, -0.05) is 32.7 Å². The summed E-state index contributed by atoms with van der Waals surface area (Å²) in [5.74, 6) is -0.669. The van der Waals surface area contributed by atoms with E-state index in [1.807, 2.05) is 0 Å². The van der Waals surface area contributed by atoms with Crippen molar-refractivity contribution in [1.29, 1.82) is 0 Å². The molecule has 1 fully saturated rings. The molecule has 2 aromatic heterocycles. The largest absolute Gasteiger partial charge is 0.432 e. The van der Waals surface area contributed by atoms with Crippen LogP contribution < -0.4 is 9.46 Å². The molecule has 8 heteroatoms. The third-order valence-electron chi connectivity index (χ3n) is 5.29. The maximum absolute atomic E-state index is 15.3. The minimum Gasteiger partial charge on any atom is -0.432 e. The molecule has 0 spiro atoms. The summed E-state index contributed by atoms with van der Waals surface area (Å²) in [6.45, 7) is 6.20. The molecule has 3 aromatic rings. The summed E-state index contributed by atoms with van der Waals surface area (Å²) in [5.41, 5.74) is 2.04. The average Bonchev–Trinajstić information content (AvgIpc) is 3.47. The van der Waals surface area contributed by atoms with Gasteiger partial charge < -0.3 is 9.30 Å². The van der Waals surface area contributed by atoms with Crippen LogP contribution >= 0.6 is 11.9 Å². The van der Waals surface area contributed by atoms with E-state index in [1.165, 1.54) is 37.2 Å². The Hall–Kier alpha value is -2.19. The second kappa shape index (κ2) is 8.98. The van der Waals surface area contributed by atoms with Crippen LogP contribution in [0.15, 0.2) is 36.7 Å². The summed E-state index contributed by atoms with van der Waals surface area (Å²) >= 11 is 1.74. The normalized spacial score (nSPS) is 15.5. The second-order valence-electron chi connectivity index (χ2n) is 9.51. The third kappa shape index (κ3) is 5.23. The molecule has 1 saturated carbocycles. The Morgan fingerprint density at radius 1 is 1.28 bits per heavy atom. The van der Waals surface area contributed by atoms with Gasteiger partial charge in [0.2, 0.25) is 0 Å². The van der Waals surface area contributed by atoms with Crippen LogP contribution in [0.25, 0.3) is 22.2 Å². The van der Waals surface area contributed by atoms with Crippen LogP contribution in [0.2, 0.25) is 0 Å². The number of hydrogen-bond acceptors (Lipinski definition) is 4. The number of benzene rings is 1. The number of alkyl halides is 2. The topological polar surface area (TPSA) is 39.1 Å². The van der Waals surface area contributed by atoms with Gasteiger partial charge in [-0.05, 0) is 55.0 Å². The smallest absolute Gasteiger partial charge is 0.387 e. The minimum atomic E-state index is -3.02. The van der Waals surface area contributed by atoms with Gasteiger partial charge in [0.25, 0.3) is 0 Å². The molecule has 1 atom stereocenters. The van der Waals surface area contributed by atoms with Gasteiger partial charge in [-0.25, -0.2) is 4.39 Å². The molecule has 4 rings (SSSR count). The molecule has 0 saturated heterocycles. The number of hydrogen-bond donors (Lipinski definition) is 1. The summed E-state index contributed by atoms with van der Waals surface area (Å²) in [6.07, 6.45) is 5.96. The zero-order valence-electron chi connectivity index (χ0n) is 18.7.